The Bertz CT molecular complexity index is 1690. The van der Waals surface area contributed by atoms with Crippen molar-refractivity contribution in [2.45, 2.75) is 69.5 Å². The van der Waals surface area contributed by atoms with Crippen LogP contribution in [0.5, 0.6) is 0 Å². The molecule has 1 atom stereocenters. The summed E-state index contributed by atoms with van der Waals surface area (Å²) >= 11 is 0. The number of amides is 2. The van der Waals surface area contributed by atoms with Gasteiger partial charge in [0.2, 0.25) is 11.8 Å². The molecule has 0 radical (unpaired) electrons. The monoisotopic (exact) mass is 623 g/mol. The number of rotatable bonds is 12. The average Bonchev–Trinajstić information content (AvgIpc) is 3.56. The highest BCUT2D eigenvalue weighted by Gasteiger charge is 2.35. The molecule has 0 bridgehead atoms. The zero-order valence-corrected chi connectivity index (χ0v) is 26.7. The number of carbonyl (C=O) groups is 2. The highest BCUT2D eigenvalue weighted by atomic mass is 32.2. The van der Waals surface area contributed by atoms with E-state index in [-0.39, 0.29) is 23.4 Å². The fourth-order valence-electron chi connectivity index (χ4n) is 5.84. The molecular formula is C37H41N3O4S. The van der Waals surface area contributed by atoms with Crippen molar-refractivity contribution in [3.63, 3.8) is 0 Å². The first kappa shape index (κ1) is 32.0. The molecule has 1 N–H and O–H groups in total. The summed E-state index contributed by atoms with van der Waals surface area (Å²) in [5.74, 6) is -0.682. The van der Waals surface area contributed by atoms with Crippen molar-refractivity contribution in [3.05, 3.63) is 131 Å². The third kappa shape index (κ3) is 8.19. The van der Waals surface area contributed by atoms with Crippen molar-refractivity contribution in [3.8, 4) is 0 Å². The third-order valence-corrected chi connectivity index (χ3v) is 10.1. The van der Waals surface area contributed by atoms with Crippen molar-refractivity contribution in [1.82, 2.24) is 10.2 Å². The van der Waals surface area contributed by atoms with E-state index in [1.807, 2.05) is 74.5 Å². The van der Waals surface area contributed by atoms with Gasteiger partial charge in [-0.1, -0.05) is 103 Å². The molecule has 2 amide bonds. The molecule has 1 aliphatic rings. The number of anilines is 1. The van der Waals surface area contributed by atoms with Crippen molar-refractivity contribution in [2.24, 2.45) is 0 Å². The quantitative estimate of drug-likeness (QED) is 0.204. The Morgan fingerprint density at radius 2 is 1.42 bits per heavy atom. The van der Waals surface area contributed by atoms with Crippen LogP contribution in [0.1, 0.15) is 47.9 Å². The number of nitrogens with one attached hydrogen (secondary N) is 1. The maximum Gasteiger partial charge on any atom is 0.264 e. The SMILES string of the molecule is Cc1ccc(CN(C(=O)CN(c2cccc(C)c2)S(=O)(=O)c2ccccc2)[C@@H](Cc2ccccc2)C(=O)NC2CCCC2)cc1. The summed E-state index contributed by atoms with van der Waals surface area (Å²) in [7, 11) is -4.12. The smallest absolute Gasteiger partial charge is 0.264 e. The Morgan fingerprint density at radius 3 is 2.07 bits per heavy atom. The van der Waals surface area contributed by atoms with Crippen LogP contribution in [0.25, 0.3) is 0 Å². The lowest BCUT2D eigenvalue weighted by atomic mass is 10.0. The fourth-order valence-corrected chi connectivity index (χ4v) is 7.27. The van der Waals surface area contributed by atoms with Gasteiger partial charge in [-0.15, -0.1) is 0 Å². The number of benzene rings is 4. The van der Waals surface area contributed by atoms with Crippen LogP contribution in [-0.4, -0.2) is 43.8 Å². The van der Waals surface area contributed by atoms with Gasteiger partial charge in [-0.3, -0.25) is 13.9 Å². The van der Waals surface area contributed by atoms with Gasteiger partial charge in [-0.25, -0.2) is 8.42 Å². The molecule has 7 nitrogen and oxygen atoms in total. The molecule has 4 aromatic rings. The van der Waals surface area contributed by atoms with Crippen LogP contribution >= 0.6 is 0 Å². The van der Waals surface area contributed by atoms with Gasteiger partial charge in [0.1, 0.15) is 12.6 Å². The molecule has 0 aliphatic heterocycles. The van der Waals surface area contributed by atoms with E-state index >= 15 is 0 Å². The predicted octanol–water partition coefficient (Wildman–Crippen LogP) is 6.20. The molecule has 45 heavy (non-hydrogen) atoms. The molecular weight excluding hydrogens is 582 g/mol. The first-order valence-corrected chi connectivity index (χ1v) is 17.0. The molecule has 1 saturated carbocycles. The molecule has 234 valence electrons. The Kier molecular flexibility index (Phi) is 10.4. The molecule has 0 unspecified atom stereocenters. The van der Waals surface area contributed by atoms with Crippen molar-refractivity contribution < 1.29 is 18.0 Å². The predicted molar refractivity (Wildman–Crippen MR) is 178 cm³/mol. The van der Waals surface area contributed by atoms with Crippen LogP contribution in [0.2, 0.25) is 0 Å². The van der Waals surface area contributed by atoms with Gasteiger partial charge in [0, 0.05) is 19.0 Å². The number of hydrogen-bond donors (Lipinski definition) is 1. The number of sulfonamides is 1. The van der Waals surface area contributed by atoms with Crippen LogP contribution in [0.15, 0.2) is 114 Å². The highest BCUT2D eigenvalue weighted by molar-refractivity contribution is 7.92. The number of carbonyl (C=O) groups excluding carboxylic acids is 2. The van der Waals surface area contributed by atoms with Gasteiger partial charge < -0.3 is 10.2 Å². The molecule has 8 heteroatoms. The Labute approximate surface area is 266 Å². The summed E-state index contributed by atoms with van der Waals surface area (Å²) in [6.07, 6.45) is 4.23. The van der Waals surface area contributed by atoms with E-state index in [2.05, 4.69) is 5.32 Å². The number of aryl methyl sites for hydroxylation is 2. The number of nitrogens with zero attached hydrogens (tertiary/aromatic N) is 2. The van der Waals surface area contributed by atoms with E-state index in [9.17, 15) is 18.0 Å². The van der Waals surface area contributed by atoms with Crippen LogP contribution in [-0.2, 0) is 32.6 Å². The van der Waals surface area contributed by atoms with Gasteiger partial charge >= 0.3 is 0 Å². The standard InChI is InChI=1S/C37H41N3O4S/c1-28-20-22-31(23-21-28)26-39(35(25-30-13-5-3-6-14-30)37(42)38-32-15-9-10-16-32)36(41)27-40(33-17-11-12-29(2)24-33)45(43,44)34-18-7-4-8-19-34/h3-8,11-14,17-24,32,35H,9-10,15-16,25-27H2,1-2H3,(H,38,42)/t35-/m0/s1. The van der Waals surface area contributed by atoms with E-state index < -0.39 is 28.5 Å². The molecule has 1 fully saturated rings. The molecule has 1 aliphatic carbocycles. The molecule has 4 aromatic carbocycles. The Hall–Kier alpha value is -4.43. The molecule has 0 saturated heterocycles. The zero-order valence-electron chi connectivity index (χ0n) is 25.9. The highest BCUT2D eigenvalue weighted by Crippen LogP contribution is 2.26. The van der Waals surface area contributed by atoms with Gasteiger partial charge in [0.15, 0.2) is 0 Å². The minimum atomic E-state index is -4.12. The topological polar surface area (TPSA) is 86.8 Å². The summed E-state index contributed by atoms with van der Waals surface area (Å²) in [4.78, 5) is 30.3. The number of hydrogen-bond acceptors (Lipinski definition) is 4. The van der Waals surface area contributed by atoms with Crippen LogP contribution in [0.4, 0.5) is 5.69 Å². The lowest BCUT2D eigenvalue weighted by Gasteiger charge is -2.34. The van der Waals surface area contributed by atoms with Gasteiger partial charge in [-0.05, 0) is 67.6 Å². The molecule has 0 heterocycles. The minimum Gasteiger partial charge on any atom is -0.352 e. The first-order valence-electron chi connectivity index (χ1n) is 15.5. The summed E-state index contributed by atoms with van der Waals surface area (Å²) in [6.45, 7) is 3.57. The zero-order chi connectivity index (χ0) is 31.8. The Morgan fingerprint density at radius 1 is 0.778 bits per heavy atom. The average molecular weight is 624 g/mol. The second-order valence-corrected chi connectivity index (χ2v) is 13.7. The van der Waals surface area contributed by atoms with Gasteiger partial charge in [0.05, 0.1) is 10.6 Å². The molecule has 0 spiro atoms. The summed E-state index contributed by atoms with van der Waals surface area (Å²) in [5.41, 5.74) is 4.10. The van der Waals surface area contributed by atoms with E-state index in [0.717, 1.165) is 52.2 Å². The summed E-state index contributed by atoms with van der Waals surface area (Å²) < 4.78 is 29.4. The lowest BCUT2D eigenvalue weighted by Crippen LogP contribution is -2.54. The van der Waals surface area contributed by atoms with E-state index in [4.69, 9.17) is 0 Å². The van der Waals surface area contributed by atoms with E-state index in [0.29, 0.717) is 12.1 Å². The second-order valence-electron chi connectivity index (χ2n) is 11.9. The van der Waals surface area contributed by atoms with E-state index in [1.165, 1.54) is 12.1 Å². The van der Waals surface area contributed by atoms with Gasteiger partial charge in [0.25, 0.3) is 10.0 Å². The van der Waals surface area contributed by atoms with Crippen LogP contribution < -0.4 is 9.62 Å². The van der Waals surface area contributed by atoms with Crippen LogP contribution in [0.3, 0.4) is 0 Å². The van der Waals surface area contributed by atoms with E-state index in [1.54, 1.807) is 41.3 Å². The largest absolute Gasteiger partial charge is 0.352 e. The normalized spacial score (nSPS) is 14.1. The molecule has 5 rings (SSSR count). The lowest BCUT2D eigenvalue weighted by molar-refractivity contribution is -0.140. The first-order chi connectivity index (χ1) is 21.7. The maximum absolute atomic E-state index is 14.6. The fraction of sp³-hybridized carbons (Fsp3) is 0.297. The third-order valence-electron chi connectivity index (χ3n) is 8.35. The second kappa shape index (κ2) is 14.6. The van der Waals surface area contributed by atoms with Gasteiger partial charge in [-0.2, -0.15) is 0 Å². The summed E-state index contributed by atoms with van der Waals surface area (Å²) in [5, 5.41) is 3.21. The van der Waals surface area contributed by atoms with Crippen molar-refractivity contribution in [2.75, 3.05) is 10.8 Å². The minimum absolute atomic E-state index is 0.0642. The van der Waals surface area contributed by atoms with Crippen molar-refractivity contribution >= 4 is 27.5 Å². The molecule has 0 aromatic heterocycles. The van der Waals surface area contributed by atoms with Crippen LogP contribution in [0, 0.1) is 13.8 Å². The van der Waals surface area contributed by atoms with Crippen molar-refractivity contribution in [1.29, 1.82) is 0 Å². The maximum atomic E-state index is 14.6. The Balaban J connectivity index is 1.56. The summed E-state index contributed by atoms with van der Waals surface area (Å²) in [6, 6.07) is 31.9.